The summed E-state index contributed by atoms with van der Waals surface area (Å²) in [6.07, 6.45) is 6.73. The van der Waals surface area contributed by atoms with Crippen molar-refractivity contribution < 1.29 is 13.9 Å². The second-order valence-electron chi connectivity index (χ2n) is 10.1. The van der Waals surface area contributed by atoms with Crippen LogP contribution < -0.4 is 10.4 Å². The van der Waals surface area contributed by atoms with Gasteiger partial charge in [-0.3, -0.25) is 0 Å². The third kappa shape index (κ3) is 7.44. The number of ether oxygens (including phenoxy) is 2. The van der Waals surface area contributed by atoms with Crippen LogP contribution in [0.2, 0.25) is 12.9 Å². The molecule has 6 heteroatoms. The van der Waals surface area contributed by atoms with Crippen LogP contribution in [0.3, 0.4) is 0 Å². The van der Waals surface area contributed by atoms with E-state index in [1.54, 1.807) is 7.11 Å². The molecule has 0 aliphatic carbocycles. The molecular weight excluding hydrogens is 595 g/mol. The van der Waals surface area contributed by atoms with Gasteiger partial charge in [0, 0.05) is 0 Å². The van der Waals surface area contributed by atoms with Gasteiger partial charge in [0.05, 0.1) is 0 Å². The minimum absolute atomic E-state index is 0.0546. The van der Waals surface area contributed by atoms with Gasteiger partial charge in [0.25, 0.3) is 0 Å². The molecule has 0 amide bonds. The summed E-state index contributed by atoms with van der Waals surface area (Å²) in [6, 6.07) is 22.0. The minimum atomic E-state index is -2.39. The number of unbranched alkanes of at least 4 members (excludes halogenated alkanes) is 1. The Balaban J connectivity index is 1.57. The van der Waals surface area contributed by atoms with Crippen molar-refractivity contribution in [1.29, 1.82) is 0 Å². The van der Waals surface area contributed by atoms with Crippen molar-refractivity contribution in [3.05, 3.63) is 60.7 Å². The predicted octanol–water partition coefficient (Wildman–Crippen LogP) is 6.15. The summed E-state index contributed by atoms with van der Waals surface area (Å²) in [6.45, 7) is 7.91. The van der Waals surface area contributed by atoms with Crippen molar-refractivity contribution in [3.63, 3.8) is 0 Å². The molecule has 2 aromatic carbocycles. The molecule has 3 unspecified atom stereocenters. The second-order valence-corrected chi connectivity index (χ2v) is 20.5. The van der Waals surface area contributed by atoms with Crippen molar-refractivity contribution >= 4 is 57.5 Å². The SMILES string of the molecule is COC(Br)OC1CC[CH](CCCCO[Si](c2ccccc2)(c2ccccc2)C(C)(C)C)[In][CH2]1. The first-order valence-corrected chi connectivity index (χ1v) is 19.3. The predicted molar refractivity (Wildman–Crippen MR) is 146 cm³/mol. The summed E-state index contributed by atoms with van der Waals surface area (Å²) < 4.78 is 20.5. The van der Waals surface area contributed by atoms with Gasteiger partial charge in [-0.1, -0.05) is 0 Å². The summed E-state index contributed by atoms with van der Waals surface area (Å²) in [4.78, 5) is 0. The summed E-state index contributed by atoms with van der Waals surface area (Å²) in [7, 11) is -0.706. The quantitative estimate of drug-likeness (QED) is 0.129. The Morgan fingerprint density at radius 2 is 1.58 bits per heavy atom. The Bertz CT molecular complexity index is 768. The zero-order valence-corrected chi connectivity index (χ0v) is 26.5. The second kappa shape index (κ2) is 13.3. The number of hydrogen-bond acceptors (Lipinski definition) is 3. The zero-order chi connectivity index (χ0) is 23.7. The van der Waals surface area contributed by atoms with Crippen molar-refractivity contribution in [1.82, 2.24) is 0 Å². The number of methoxy groups -OCH3 is 1. The maximum atomic E-state index is 7.04. The molecule has 0 aromatic heterocycles. The van der Waals surface area contributed by atoms with Crippen LogP contribution in [0, 0.1) is 0 Å². The Morgan fingerprint density at radius 3 is 2.06 bits per heavy atom. The van der Waals surface area contributed by atoms with Crippen molar-refractivity contribution in [2.75, 3.05) is 13.7 Å². The number of rotatable bonds is 11. The number of hydrogen-bond donors (Lipinski definition) is 0. The van der Waals surface area contributed by atoms with Crippen LogP contribution >= 0.6 is 15.9 Å². The Hall–Kier alpha value is -0.113. The molecule has 1 saturated heterocycles. The molecule has 0 saturated carbocycles. The Kier molecular flexibility index (Phi) is 11.0. The molecule has 0 bridgehead atoms. The van der Waals surface area contributed by atoms with E-state index in [9.17, 15) is 0 Å². The van der Waals surface area contributed by atoms with E-state index in [0.29, 0.717) is 6.10 Å². The molecule has 1 fully saturated rings. The van der Waals surface area contributed by atoms with Crippen molar-refractivity contribution in [3.8, 4) is 0 Å². The number of benzene rings is 2. The average molecular weight is 634 g/mol. The van der Waals surface area contributed by atoms with Gasteiger partial charge in [-0.05, 0) is 0 Å². The van der Waals surface area contributed by atoms with Crippen LogP contribution in [0.4, 0.5) is 0 Å². The van der Waals surface area contributed by atoms with E-state index in [1.807, 2.05) is 0 Å². The van der Waals surface area contributed by atoms with Crippen molar-refractivity contribution in [2.24, 2.45) is 0 Å². The van der Waals surface area contributed by atoms with E-state index in [1.165, 1.54) is 40.2 Å². The molecule has 1 aliphatic heterocycles. The number of alkyl halides is 1. The van der Waals surface area contributed by atoms with Crippen LogP contribution in [0.5, 0.6) is 0 Å². The van der Waals surface area contributed by atoms with E-state index < -0.39 is 31.2 Å². The third-order valence-corrected chi connectivity index (χ3v) is 18.5. The molecule has 33 heavy (non-hydrogen) atoms. The monoisotopic (exact) mass is 633 g/mol. The van der Waals surface area contributed by atoms with Gasteiger partial charge in [0.2, 0.25) is 0 Å². The molecule has 1 aliphatic rings. The fourth-order valence-electron chi connectivity index (χ4n) is 5.07. The standard InChI is InChI=1S/C27H39BrO3Si.In/c1-23(31-26(28)29-5)17-11-7-6-8-16-22-30-32(27(2,3)4,24-18-12-9-13-19-24)25-20-14-10-15-21-25;/h7,9-10,12-15,18-21,23,26H,1,6,8,11,16-17,22H2,2-5H3;. The van der Waals surface area contributed by atoms with Gasteiger partial charge in [-0.2, -0.15) is 0 Å². The van der Waals surface area contributed by atoms with E-state index in [0.717, 1.165) is 16.7 Å². The molecule has 3 atom stereocenters. The van der Waals surface area contributed by atoms with Gasteiger partial charge in [-0.15, -0.1) is 0 Å². The molecule has 3 nitrogen and oxygen atoms in total. The Morgan fingerprint density at radius 1 is 0.970 bits per heavy atom. The van der Waals surface area contributed by atoms with Gasteiger partial charge < -0.3 is 0 Å². The molecule has 2 aromatic rings. The molecule has 0 spiro atoms. The average Bonchev–Trinajstić information content (AvgIpc) is 2.82. The van der Waals surface area contributed by atoms with Crippen LogP contribution in [0.1, 0.15) is 52.9 Å². The molecule has 179 valence electrons. The fraction of sp³-hybridized carbons (Fsp3) is 0.556. The number of halogens is 1. The normalized spacial score (nSPS) is 20.3. The van der Waals surface area contributed by atoms with E-state index in [4.69, 9.17) is 13.9 Å². The molecule has 1 radical (unpaired) electrons. The molecule has 1 heterocycles. The third-order valence-electron chi connectivity index (χ3n) is 6.78. The zero-order valence-electron chi connectivity index (χ0n) is 20.6. The van der Waals surface area contributed by atoms with Gasteiger partial charge in [0.1, 0.15) is 0 Å². The van der Waals surface area contributed by atoms with E-state index in [2.05, 4.69) is 97.4 Å². The molecule has 3 rings (SSSR count). The maximum absolute atomic E-state index is 7.04. The van der Waals surface area contributed by atoms with Crippen LogP contribution in [0.25, 0.3) is 0 Å². The summed E-state index contributed by atoms with van der Waals surface area (Å²) >= 11 is 2.85. The Labute approximate surface area is 221 Å². The summed E-state index contributed by atoms with van der Waals surface area (Å²) in [5.41, 5.74) is 0. The first-order chi connectivity index (χ1) is 15.9. The van der Waals surface area contributed by atoms with Crippen LogP contribution in [-0.2, 0) is 13.9 Å². The topological polar surface area (TPSA) is 27.7 Å². The first kappa shape index (κ1) is 27.5. The summed E-state index contributed by atoms with van der Waals surface area (Å²) in [5.74, 6) is 0. The van der Waals surface area contributed by atoms with E-state index in [-0.39, 0.29) is 10.2 Å². The van der Waals surface area contributed by atoms with Crippen LogP contribution in [-0.4, -0.2) is 56.2 Å². The van der Waals surface area contributed by atoms with Gasteiger partial charge in [-0.25, -0.2) is 0 Å². The van der Waals surface area contributed by atoms with Gasteiger partial charge in [0.15, 0.2) is 0 Å². The summed E-state index contributed by atoms with van der Waals surface area (Å²) in [5, 5.41) is 2.55. The fourth-order valence-corrected chi connectivity index (χ4v) is 15.5. The molecule has 0 N–H and O–H groups in total. The first-order valence-electron chi connectivity index (χ1n) is 12.3. The van der Waals surface area contributed by atoms with Crippen molar-refractivity contribution in [2.45, 2.75) is 77.1 Å². The molecular formula is C27H39BrInO3Si. The van der Waals surface area contributed by atoms with Crippen LogP contribution in [0.15, 0.2) is 60.7 Å². The van der Waals surface area contributed by atoms with E-state index >= 15 is 0 Å². The van der Waals surface area contributed by atoms with Gasteiger partial charge >= 0.3 is 223 Å².